The lowest BCUT2D eigenvalue weighted by atomic mass is 10.1. The molecule has 0 bridgehead atoms. The van der Waals surface area contributed by atoms with E-state index in [9.17, 15) is 0 Å². The summed E-state index contributed by atoms with van der Waals surface area (Å²) in [5.41, 5.74) is 5.87. The van der Waals surface area contributed by atoms with Crippen LogP contribution in [0.25, 0.3) is 0 Å². The zero-order chi connectivity index (χ0) is 11.5. The first-order chi connectivity index (χ1) is 7.65. The Bertz CT molecular complexity index is 487. The molecule has 0 atom stereocenters. The molecular formula is C14H16N2. The summed E-state index contributed by atoms with van der Waals surface area (Å²) in [6.07, 6.45) is 4.64. The van der Waals surface area contributed by atoms with Gasteiger partial charge in [0.15, 0.2) is 0 Å². The van der Waals surface area contributed by atoms with Gasteiger partial charge < -0.3 is 0 Å². The van der Waals surface area contributed by atoms with E-state index in [0.717, 1.165) is 17.8 Å². The van der Waals surface area contributed by atoms with Crippen molar-refractivity contribution in [1.29, 1.82) is 0 Å². The first kappa shape index (κ1) is 10.8. The number of hydrogen-bond acceptors (Lipinski definition) is 2. The van der Waals surface area contributed by atoms with Crippen LogP contribution >= 0.6 is 0 Å². The van der Waals surface area contributed by atoms with Gasteiger partial charge in [0.1, 0.15) is 0 Å². The minimum absolute atomic E-state index is 0.807. The first-order valence-electron chi connectivity index (χ1n) is 5.49. The van der Waals surface area contributed by atoms with Gasteiger partial charge in [-0.15, -0.1) is 0 Å². The lowest BCUT2D eigenvalue weighted by Crippen LogP contribution is -1.96. The lowest BCUT2D eigenvalue weighted by Gasteiger charge is -2.04. The van der Waals surface area contributed by atoms with Crippen molar-refractivity contribution >= 4 is 0 Å². The van der Waals surface area contributed by atoms with Crippen LogP contribution < -0.4 is 0 Å². The van der Waals surface area contributed by atoms with E-state index in [2.05, 4.69) is 42.0 Å². The molecule has 0 saturated heterocycles. The average Bonchev–Trinajstić information content (AvgIpc) is 2.27. The highest BCUT2D eigenvalue weighted by atomic mass is 14.7. The topological polar surface area (TPSA) is 25.8 Å². The number of aryl methyl sites for hydroxylation is 3. The SMILES string of the molecule is Cc1ccc(Cc2cc(C)c(C)cn2)nc1. The maximum Gasteiger partial charge on any atom is 0.0466 e. The van der Waals surface area contributed by atoms with Gasteiger partial charge in [0, 0.05) is 30.2 Å². The summed E-state index contributed by atoms with van der Waals surface area (Å²) in [7, 11) is 0. The minimum Gasteiger partial charge on any atom is -0.261 e. The molecule has 0 radical (unpaired) electrons. The lowest BCUT2D eigenvalue weighted by molar-refractivity contribution is 0.993. The molecule has 0 aliphatic heterocycles. The van der Waals surface area contributed by atoms with Crippen LogP contribution in [0.15, 0.2) is 30.6 Å². The molecule has 2 heterocycles. The highest BCUT2D eigenvalue weighted by molar-refractivity contribution is 5.26. The first-order valence-corrected chi connectivity index (χ1v) is 5.49. The van der Waals surface area contributed by atoms with E-state index < -0.39 is 0 Å². The zero-order valence-corrected chi connectivity index (χ0v) is 9.99. The van der Waals surface area contributed by atoms with Crippen LogP contribution in [0.2, 0.25) is 0 Å². The third-order valence-corrected chi connectivity index (χ3v) is 2.76. The molecule has 2 aromatic heterocycles. The van der Waals surface area contributed by atoms with Gasteiger partial charge >= 0.3 is 0 Å². The van der Waals surface area contributed by atoms with E-state index in [0.29, 0.717) is 0 Å². The third kappa shape index (κ3) is 2.45. The molecule has 16 heavy (non-hydrogen) atoms. The van der Waals surface area contributed by atoms with Gasteiger partial charge in [-0.3, -0.25) is 9.97 Å². The largest absolute Gasteiger partial charge is 0.261 e. The number of aromatic nitrogens is 2. The van der Waals surface area contributed by atoms with Crippen molar-refractivity contribution < 1.29 is 0 Å². The molecule has 0 N–H and O–H groups in total. The van der Waals surface area contributed by atoms with Gasteiger partial charge in [0.25, 0.3) is 0 Å². The molecule has 82 valence electrons. The molecule has 0 fully saturated rings. The fraction of sp³-hybridized carbons (Fsp3) is 0.286. The van der Waals surface area contributed by atoms with Crippen LogP contribution in [0.5, 0.6) is 0 Å². The molecule has 0 unspecified atom stereocenters. The average molecular weight is 212 g/mol. The molecule has 2 heteroatoms. The van der Waals surface area contributed by atoms with Gasteiger partial charge in [0.2, 0.25) is 0 Å². The van der Waals surface area contributed by atoms with E-state index in [1.165, 1.54) is 16.7 Å². The molecule has 2 rings (SSSR count). The van der Waals surface area contributed by atoms with Crippen molar-refractivity contribution in [2.75, 3.05) is 0 Å². The molecular weight excluding hydrogens is 196 g/mol. The predicted octanol–water partition coefficient (Wildman–Crippen LogP) is 2.99. The predicted molar refractivity (Wildman–Crippen MR) is 65.5 cm³/mol. The molecule has 0 spiro atoms. The summed E-state index contributed by atoms with van der Waals surface area (Å²) in [5.74, 6) is 0. The molecule has 0 amide bonds. The van der Waals surface area contributed by atoms with E-state index in [1.807, 2.05) is 19.3 Å². The van der Waals surface area contributed by atoms with Crippen molar-refractivity contribution in [3.05, 3.63) is 58.7 Å². The summed E-state index contributed by atoms with van der Waals surface area (Å²) in [6.45, 7) is 6.24. The summed E-state index contributed by atoms with van der Waals surface area (Å²) >= 11 is 0. The van der Waals surface area contributed by atoms with Gasteiger partial charge in [0.05, 0.1) is 0 Å². The molecule has 0 aromatic carbocycles. The minimum atomic E-state index is 0.807. The van der Waals surface area contributed by atoms with Crippen LogP contribution in [0.1, 0.15) is 28.1 Å². The normalized spacial score (nSPS) is 10.4. The van der Waals surface area contributed by atoms with E-state index in [4.69, 9.17) is 0 Å². The van der Waals surface area contributed by atoms with E-state index in [-0.39, 0.29) is 0 Å². The fourth-order valence-corrected chi connectivity index (χ4v) is 1.57. The van der Waals surface area contributed by atoms with Gasteiger partial charge in [-0.1, -0.05) is 6.07 Å². The number of rotatable bonds is 2. The Morgan fingerprint density at radius 1 is 0.875 bits per heavy atom. The van der Waals surface area contributed by atoms with Crippen molar-refractivity contribution in [2.24, 2.45) is 0 Å². The van der Waals surface area contributed by atoms with Crippen LogP contribution in [-0.2, 0) is 6.42 Å². The molecule has 0 saturated carbocycles. The second-order valence-electron chi connectivity index (χ2n) is 4.26. The summed E-state index contributed by atoms with van der Waals surface area (Å²) in [5, 5.41) is 0. The van der Waals surface area contributed by atoms with Crippen LogP contribution in [-0.4, -0.2) is 9.97 Å². The Kier molecular flexibility index (Phi) is 3.00. The van der Waals surface area contributed by atoms with Crippen molar-refractivity contribution in [3.63, 3.8) is 0 Å². The smallest absolute Gasteiger partial charge is 0.0466 e. The number of nitrogens with zero attached hydrogens (tertiary/aromatic N) is 2. The maximum atomic E-state index is 4.42. The Balaban J connectivity index is 2.20. The highest BCUT2D eigenvalue weighted by Gasteiger charge is 2.00. The van der Waals surface area contributed by atoms with Crippen molar-refractivity contribution in [3.8, 4) is 0 Å². The van der Waals surface area contributed by atoms with E-state index in [1.54, 1.807) is 0 Å². The summed E-state index contributed by atoms with van der Waals surface area (Å²) in [6, 6.07) is 6.28. The van der Waals surface area contributed by atoms with Gasteiger partial charge in [-0.05, 0) is 49.6 Å². The Morgan fingerprint density at radius 3 is 2.25 bits per heavy atom. The Hall–Kier alpha value is -1.70. The van der Waals surface area contributed by atoms with Crippen LogP contribution in [0, 0.1) is 20.8 Å². The van der Waals surface area contributed by atoms with Crippen molar-refractivity contribution in [1.82, 2.24) is 9.97 Å². The van der Waals surface area contributed by atoms with Crippen LogP contribution in [0.4, 0.5) is 0 Å². The number of pyridine rings is 2. The zero-order valence-electron chi connectivity index (χ0n) is 9.99. The standard InChI is InChI=1S/C14H16N2/c1-10-4-5-13(15-8-10)7-14-6-11(2)12(3)9-16-14/h4-6,8-9H,7H2,1-3H3. The fourth-order valence-electron chi connectivity index (χ4n) is 1.57. The third-order valence-electron chi connectivity index (χ3n) is 2.76. The highest BCUT2D eigenvalue weighted by Crippen LogP contribution is 2.10. The number of hydrogen-bond donors (Lipinski definition) is 0. The quantitative estimate of drug-likeness (QED) is 0.764. The second-order valence-corrected chi connectivity index (χ2v) is 4.26. The second kappa shape index (κ2) is 4.44. The Labute approximate surface area is 96.4 Å². The van der Waals surface area contributed by atoms with Gasteiger partial charge in [-0.25, -0.2) is 0 Å². The van der Waals surface area contributed by atoms with E-state index >= 15 is 0 Å². The maximum absolute atomic E-state index is 4.42. The Morgan fingerprint density at radius 2 is 1.62 bits per heavy atom. The molecule has 2 nitrogen and oxygen atoms in total. The van der Waals surface area contributed by atoms with Gasteiger partial charge in [-0.2, -0.15) is 0 Å². The van der Waals surface area contributed by atoms with Crippen LogP contribution in [0.3, 0.4) is 0 Å². The summed E-state index contributed by atoms with van der Waals surface area (Å²) < 4.78 is 0. The molecule has 0 aliphatic rings. The summed E-state index contributed by atoms with van der Waals surface area (Å²) in [4.78, 5) is 8.80. The molecule has 0 aliphatic carbocycles. The molecule has 2 aromatic rings. The van der Waals surface area contributed by atoms with Crippen molar-refractivity contribution in [2.45, 2.75) is 27.2 Å². The monoisotopic (exact) mass is 212 g/mol.